The van der Waals surface area contributed by atoms with E-state index in [2.05, 4.69) is 38.1 Å². The van der Waals surface area contributed by atoms with E-state index in [1.54, 1.807) is 11.1 Å². The summed E-state index contributed by atoms with van der Waals surface area (Å²) in [6.07, 6.45) is 11.0. The first-order valence-electron chi connectivity index (χ1n) is 6.27. The van der Waals surface area contributed by atoms with Crippen molar-refractivity contribution in [2.45, 2.75) is 39.5 Å². The standard InChI is InChI=1S/C10H13.C6H7.Zr/c1-8-6-7-9-4-2-3-5-10(8)9;1-6-4-2-3-5-6;/h7-8H,2-5H2,1H3;2-5H,1H3;/q2*-1;+2. The van der Waals surface area contributed by atoms with Gasteiger partial charge in [-0.2, -0.15) is 28.8 Å². The first kappa shape index (κ1) is 14.8. The second-order valence-corrected chi connectivity index (χ2v) is 4.75. The van der Waals surface area contributed by atoms with Crippen LogP contribution in [0.25, 0.3) is 0 Å². The van der Waals surface area contributed by atoms with Gasteiger partial charge in [-0.1, -0.05) is 39.0 Å². The van der Waals surface area contributed by atoms with Crippen LogP contribution < -0.4 is 0 Å². The quantitative estimate of drug-likeness (QED) is 0.616. The molecule has 0 radical (unpaired) electrons. The van der Waals surface area contributed by atoms with Gasteiger partial charge < -0.3 is 0 Å². The number of aryl methyl sites for hydroxylation is 1. The summed E-state index contributed by atoms with van der Waals surface area (Å²) in [6.45, 7) is 4.34. The van der Waals surface area contributed by atoms with E-state index in [1.807, 2.05) is 12.1 Å². The minimum atomic E-state index is 0. The van der Waals surface area contributed by atoms with Gasteiger partial charge in [0.15, 0.2) is 0 Å². The number of hydrogen-bond acceptors (Lipinski definition) is 0. The van der Waals surface area contributed by atoms with Crippen LogP contribution in [-0.4, -0.2) is 0 Å². The van der Waals surface area contributed by atoms with Crippen LogP contribution in [0, 0.1) is 18.9 Å². The van der Waals surface area contributed by atoms with Gasteiger partial charge in [0.05, 0.1) is 0 Å². The van der Waals surface area contributed by atoms with Crippen molar-refractivity contribution in [3.05, 3.63) is 53.1 Å². The molecule has 0 spiro atoms. The summed E-state index contributed by atoms with van der Waals surface area (Å²) in [5.74, 6) is 0.635. The predicted molar refractivity (Wildman–Crippen MR) is 69.2 cm³/mol. The van der Waals surface area contributed by atoms with Crippen LogP contribution in [0.5, 0.6) is 0 Å². The third-order valence-corrected chi connectivity index (χ3v) is 3.41. The van der Waals surface area contributed by atoms with E-state index in [0.29, 0.717) is 5.92 Å². The maximum atomic E-state index is 3.36. The molecule has 1 aromatic rings. The molecule has 0 heterocycles. The molecule has 0 nitrogen and oxygen atoms in total. The van der Waals surface area contributed by atoms with E-state index in [1.165, 1.54) is 31.2 Å². The summed E-state index contributed by atoms with van der Waals surface area (Å²) in [5, 5.41) is 0. The fraction of sp³-hybridized carbons (Fsp3) is 0.438. The van der Waals surface area contributed by atoms with Gasteiger partial charge in [0.1, 0.15) is 0 Å². The van der Waals surface area contributed by atoms with Crippen LogP contribution in [0.4, 0.5) is 0 Å². The zero-order valence-electron chi connectivity index (χ0n) is 10.8. The molecule has 1 heteroatoms. The Bertz CT molecular complexity index is 382. The molecular formula is C16H20Zr. The Morgan fingerprint density at radius 3 is 2.35 bits per heavy atom. The number of hydrogen-bond donors (Lipinski definition) is 0. The average Bonchev–Trinajstić information content (AvgIpc) is 2.91. The Labute approximate surface area is 124 Å². The van der Waals surface area contributed by atoms with E-state index < -0.39 is 0 Å². The molecule has 3 rings (SSSR count). The van der Waals surface area contributed by atoms with Crippen molar-refractivity contribution in [2.24, 2.45) is 5.92 Å². The summed E-state index contributed by atoms with van der Waals surface area (Å²) in [4.78, 5) is 0. The van der Waals surface area contributed by atoms with Gasteiger partial charge in [0.25, 0.3) is 0 Å². The first-order chi connectivity index (χ1) is 7.77. The smallest absolute Gasteiger partial charge is 0.269 e. The molecule has 17 heavy (non-hydrogen) atoms. The molecule has 1 unspecified atom stereocenters. The van der Waals surface area contributed by atoms with Gasteiger partial charge in [0.2, 0.25) is 0 Å². The second-order valence-electron chi connectivity index (χ2n) is 4.75. The summed E-state index contributed by atoms with van der Waals surface area (Å²) < 4.78 is 0. The summed E-state index contributed by atoms with van der Waals surface area (Å²) >= 11 is 0. The number of allylic oxidation sites excluding steroid dienone is 4. The molecule has 0 bridgehead atoms. The Morgan fingerprint density at radius 1 is 1.18 bits per heavy atom. The molecule has 0 aliphatic heterocycles. The van der Waals surface area contributed by atoms with Crippen molar-refractivity contribution < 1.29 is 26.2 Å². The minimum Gasteiger partial charge on any atom is -0.269 e. The van der Waals surface area contributed by atoms with Crippen molar-refractivity contribution >= 4 is 0 Å². The maximum absolute atomic E-state index is 3.36. The zero-order valence-corrected chi connectivity index (χ0v) is 13.3. The van der Waals surface area contributed by atoms with Crippen LogP contribution in [-0.2, 0) is 26.2 Å². The van der Waals surface area contributed by atoms with Gasteiger partial charge in [-0.15, -0.1) is 0 Å². The summed E-state index contributed by atoms with van der Waals surface area (Å²) in [5.41, 5.74) is 4.61. The topological polar surface area (TPSA) is 0 Å². The van der Waals surface area contributed by atoms with Crippen molar-refractivity contribution in [3.63, 3.8) is 0 Å². The molecule has 0 saturated heterocycles. The molecule has 1 atom stereocenters. The molecule has 0 aromatic heterocycles. The average molecular weight is 304 g/mol. The molecule has 2 aliphatic rings. The predicted octanol–water partition coefficient (Wildman–Crippen LogP) is 4.58. The summed E-state index contributed by atoms with van der Waals surface area (Å²) in [7, 11) is 0. The van der Waals surface area contributed by atoms with E-state index in [4.69, 9.17) is 0 Å². The molecule has 2 aliphatic carbocycles. The molecule has 0 fully saturated rings. The Hall–Kier alpha value is -0.287. The van der Waals surface area contributed by atoms with E-state index >= 15 is 0 Å². The minimum absolute atomic E-state index is 0. The van der Waals surface area contributed by atoms with Crippen molar-refractivity contribution in [1.82, 2.24) is 0 Å². The second kappa shape index (κ2) is 7.21. The fourth-order valence-corrected chi connectivity index (χ4v) is 2.41. The maximum Gasteiger partial charge on any atom is 2.00 e. The molecule has 0 saturated carbocycles. The SMILES string of the molecule is CC1[C-]=CC2=C1CCCC2.C[c-]1cccc1.[Zr+2]. The first-order valence-corrected chi connectivity index (χ1v) is 6.27. The molecule has 0 amide bonds. The largest absolute Gasteiger partial charge is 2.00 e. The van der Waals surface area contributed by atoms with Crippen LogP contribution in [0.15, 0.2) is 41.5 Å². The Kier molecular flexibility index (Phi) is 6.27. The van der Waals surface area contributed by atoms with Crippen LogP contribution in [0.1, 0.15) is 38.2 Å². The van der Waals surface area contributed by atoms with Gasteiger partial charge >= 0.3 is 26.2 Å². The van der Waals surface area contributed by atoms with Crippen molar-refractivity contribution in [3.8, 4) is 0 Å². The van der Waals surface area contributed by atoms with Crippen LogP contribution >= 0.6 is 0 Å². The van der Waals surface area contributed by atoms with Crippen LogP contribution in [0.3, 0.4) is 0 Å². The third kappa shape index (κ3) is 4.14. The van der Waals surface area contributed by atoms with Crippen molar-refractivity contribution in [1.29, 1.82) is 0 Å². The molecule has 1 aromatic carbocycles. The molecular weight excluding hydrogens is 283 g/mol. The monoisotopic (exact) mass is 302 g/mol. The molecule has 88 valence electrons. The fourth-order valence-electron chi connectivity index (χ4n) is 2.41. The van der Waals surface area contributed by atoms with Gasteiger partial charge in [-0.25, -0.2) is 18.2 Å². The van der Waals surface area contributed by atoms with E-state index in [9.17, 15) is 0 Å². The normalized spacial score (nSPS) is 21.4. The van der Waals surface area contributed by atoms with Crippen molar-refractivity contribution in [2.75, 3.05) is 0 Å². The van der Waals surface area contributed by atoms with Gasteiger partial charge in [-0.3, -0.25) is 6.08 Å². The Morgan fingerprint density at radius 2 is 1.82 bits per heavy atom. The number of rotatable bonds is 0. The third-order valence-electron chi connectivity index (χ3n) is 3.41. The van der Waals surface area contributed by atoms with E-state index in [-0.39, 0.29) is 26.2 Å². The Balaban J connectivity index is 0.000000180. The van der Waals surface area contributed by atoms with Crippen LogP contribution in [0.2, 0.25) is 0 Å². The van der Waals surface area contributed by atoms with Gasteiger partial charge in [0, 0.05) is 0 Å². The zero-order chi connectivity index (χ0) is 11.4. The van der Waals surface area contributed by atoms with E-state index in [0.717, 1.165) is 0 Å². The molecule has 0 N–H and O–H groups in total. The summed E-state index contributed by atoms with van der Waals surface area (Å²) in [6, 6.07) is 8.24. The van der Waals surface area contributed by atoms with Gasteiger partial charge in [-0.05, 0) is 6.42 Å².